The van der Waals surface area contributed by atoms with Gasteiger partial charge in [-0.25, -0.2) is 15.6 Å². The molecule has 2 fully saturated rings. The van der Waals surface area contributed by atoms with E-state index in [-0.39, 0.29) is 37.0 Å². The molecule has 1 N–H and O–H groups in total. The van der Waals surface area contributed by atoms with Crippen molar-refractivity contribution in [1.29, 1.82) is 0 Å². The highest BCUT2D eigenvalue weighted by atomic mass is 19.1. The number of fused-ring (bicyclic) bond motifs is 2. The summed E-state index contributed by atoms with van der Waals surface area (Å²) in [6.45, 7) is 4.58. The van der Waals surface area contributed by atoms with Crippen LogP contribution in [0.15, 0.2) is 54.7 Å². The Morgan fingerprint density at radius 2 is 2.05 bits per heavy atom. The Bertz CT molecular complexity index is 1620. The van der Waals surface area contributed by atoms with Crippen LogP contribution in [0.4, 0.5) is 10.1 Å². The molecule has 6 rings (SSSR count). The zero-order valence-corrected chi connectivity index (χ0v) is 20.7. The Kier molecular flexibility index (Phi) is 5.10. The molecule has 1 saturated carbocycles. The van der Waals surface area contributed by atoms with Gasteiger partial charge in [-0.05, 0) is 42.2 Å². The number of likely N-dealkylation sites (tertiary alicyclic amines) is 1. The molecule has 1 saturated heterocycles. The molecule has 1 spiro atoms. The van der Waals surface area contributed by atoms with E-state index in [0.717, 1.165) is 12.8 Å². The Hall–Kier alpha value is -4.59. The first-order valence-corrected chi connectivity index (χ1v) is 12.6. The lowest BCUT2D eigenvalue weighted by molar-refractivity contribution is -0.136. The molecule has 2 aliphatic heterocycles. The molecule has 11 heteroatoms. The molecule has 10 nitrogen and oxygen atoms in total. The first kappa shape index (κ1) is 21.4. The van der Waals surface area contributed by atoms with Crippen molar-refractivity contribution >= 4 is 23.4 Å². The number of carbonyl (C=O) groups excluding carboxylic acids is 3. The Morgan fingerprint density at radius 1 is 1.28 bits per heavy atom. The van der Waals surface area contributed by atoms with Crippen molar-refractivity contribution in [2.75, 3.05) is 18.8 Å². The molecule has 3 heterocycles. The van der Waals surface area contributed by atoms with E-state index >= 15 is 0 Å². The second-order valence-corrected chi connectivity index (χ2v) is 10.2. The summed E-state index contributed by atoms with van der Waals surface area (Å²) in [4.78, 5) is 46.7. The number of hydrogen-bond donors (Lipinski definition) is 1. The number of anilines is 1. The summed E-state index contributed by atoms with van der Waals surface area (Å²) in [5.41, 5.74) is 0.189. The fraction of sp³-hybridized carbons (Fsp3) is 0.357. The first-order valence-electron chi connectivity index (χ1n) is 14.1. The third kappa shape index (κ3) is 4.22. The third-order valence-corrected chi connectivity index (χ3v) is 7.70. The Morgan fingerprint density at radius 3 is 2.77 bits per heavy atom. The van der Waals surface area contributed by atoms with Crippen molar-refractivity contribution in [3.63, 3.8) is 0 Å². The van der Waals surface area contributed by atoms with Crippen molar-refractivity contribution < 1.29 is 22.9 Å². The van der Waals surface area contributed by atoms with Gasteiger partial charge < -0.3 is 10.2 Å². The summed E-state index contributed by atoms with van der Waals surface area (Å²) < 4.78 is 40.0. The number of rotatable bonds is 6. The quantitative estimate of drug-likeness (QED) is 0.494. The first-order chi connectivity index (χ1) is 20.0. The van der Waals surface area contributed by atoms with Gasteiger partial charge in [0.25, 0.3) is 11.8 Å². The molecular weight excluding hydrogens is 501 g/mol. The van der Waals surface area contributed by atoms with E-state index in [4.69, 9.17) is 10.7 Å². The molecule has 3 aliphatic rings. The maximum absolute atomic E-state index is 14.4. The van der Waals surface area contributed by atoms with E-state index < -0.39 is 42.2 Å². The van der Waals surface area contributed by atoms with E-state index in [1.807, 2.05) is 0 Å². The van der Waals surface area contributed by atoms with Crippen LogP contribution >= 0.6 is 0 Å². The van der Waals surface area contributed by atoms with Crippen LogP contribution in [-0.4, -0.2) is 68.2 Å². The second kappa shape index (κ2) is 9.31. The Labute approximate surface area is 228 Å². The second-order valence-electron chi connectivity index (χ2n) is 10.2. The molecular formula is C28H26FN7O3. The highest BCUT2D eigenvalue weighted by molar-refractivity contribution is 6.07. The topological polar surface area (TPSA) is 105 Å². The van der Waals surface area contributed by atoms with Crippen molar-refractivity contribution in [3.8, 4) is 0 Å². The SMILES string of the molecule is [2H]C([2H])([2H])N(C(=O)c1cn(C2CC2)nn1)[C@@H](Cc1ccc(F)cc1)C(=O)N1C[C@]2(C[C@H]1[N+]#[C-])C(=O)Nc1ccccc12. The minimum Gasteiger partial charge on any atom is -0.328 e. The molecule has 0 bridgehead atoms. The molecule has 39 heavy (non-hydrogen) atoms. The summed E-state index contributed by atoms with van der Waals surface area (Å²) in [6.07, 6.45) is 1.72. The summed E-state index contributed by atoms with van der Waals surface area (Å²) in [6, 6.07) is 10.6. The fourth-order valence-electron chi connectivity index (χ4n) is 5.44. The smallest absolute Gasteiger partial charge is 0.302 e. The maximum Gasteiger partial charge on any atom is 0.302 e. The average molecular weight is 531 g/mol. The lowest BCUT2D eigenvalue weighted by atomic mass is 9.80. The monoisotopic (exact) mass is 530 g/mol. The lowest BCUT2D eigenvalue weighted by Gasteiger charge is -2.31. The zero-order valence-electron chi connectivity index (χ0n) is 23.7. The number of amides is 3. The van der Waals surface area contributed by atoms with Crippen LogP contribution in [0.3, 0.4) is 0 Å². The molecule has 1 aromatic heterocycles. The number of aromatic nitrogens is 3. The summed E-state index contributed by atoms with van der Waals surface area (Å²) in [7, 11) is 0. The molecule has 3 atom stereocenters. The van der Waals surface area contributed by atoms with Crippen LogP contribution in [-0.2, 0) is 21.4 Å². The minimum absolute atomic E-state index is 0.00574. The number of likely N-dealkylation sites (N-methyl/N-ethyl adjacent to an activating group) is 1. The van der Waals surface area contributed by atoms with Crippen LogP contribution < -0.4 is 5.32 Å². The van der Waals surface area contributed by atoms with Crippen LogP contribution in [0, 0.1) is 12.4 Å². The summed E-state index contributed by atoms with van der Waals surface area (Å²) >= 11 is 0. The van der Waals surface area contributed by atoms with E-state index in [9.17, 15) is 18.8 Å². The van der Waals surface area contributed by atoms with E-state index in [0.29, 0.717) is 21.7 Å². The van der Waals surface area contributed by atoms with Gasteiger partial charge in [0.05, 0.1) is 18.7 Å². The zero-order chi connectivity index (χ0) is 29.8. The summed E-state index contributed by atoms with van der Waals surface area (Å²) in [5.74, 6) is -2.72. The molecule has 0 radical (unpaired) electrons. The molecule has 1 aliphatic carbocycles. The highest BCUT2D eigenvalue weighted by Gasteiger charge is 2.59. The van der Waals surface area contributed by atoms with Gasteiger partial charge in [-0.15, -0.1) is 5.10 Å². The van der Waals surface area contributed by atoms with E-state index in [1.54, 1.807) is 24.3 Å². The van der Waals surface area contributed by atoms with Crippen molar-refractivity contribution in [1.82, 2.24) is 24.8 Å². The van der Waals surface area contributed by atoms with Gasteiger partial charge in [-0.2, -0.15) is 0 Å². The van der Waals surface area contributed by atoms with Crippen molar-refractivity contribution in [2.24, 2.45) is 0 Å². The molecule has 2 aromatic carbocycles. The predicted octanol–water partition coefficient (Wildman–Crippen LogP) is 2.80. The predicted molar refractivity (Wildman–Crippen MR) is 138 cm³/mol. The number of benzene rings is 2. The third-order valence-electron chi connectivity index (χ3n) is 7.70. The largest absolute Gasteiger partial charge is 0.328 e. The lowest BCUT2D eigenvalue weighted by Crippen LogP contribution is -2.52. The van der Waals surface area contributed by atoms with E-state index in [2.05, 4.69) is 20.5 Å². The van der Waals surface area contributed by atoms with Crippen LogP contribution in [0.5, 0.6) is 0 Å². The number of hydrogen-bond acceptors (Lipinski definition) is 5. The van der Waals surface area contributed by atoms with Gasteiger partial charge in [-0.3, -0.25) is 24.1 Å². The maximum atomic E-state index is 14.4. The standard InChI is InChI=1S/C28H26FN7O3/c1-30-24-14-28(20-5-3-4-6-21(20)31-27(28)39)16-35(24)26(38)23(13-17-7-9-18(29)10-8-17)34(2)25(37)22-15-36(33-32-22)19-11-12-19/h3-10,15,19,23-24H,11-14,16H2,2H3,(H,31,39)/t23-,24-,28-/m0/s1/i2D3. The van der Waals surface area contributed by atoms with Gasteiger partial charge >= 0.3 is 6.17 Å². The Balaban J connectivity index is 1.40. The number of halogens is 1. The van der Waals surface area contributed by atoms with Crippen LogP contribution in [0.25, 0.3) is 4.85 Å². The number of para-hydroxylation sites is 1. The summed E-state index contributed by atoms with van der Waals surface area (Å²) in [5, 5.41) is 10.7. The number of carbonyl (C=O) groups is 3. The molecule has 3 amide bonds. The number of nitrogens with zero attached hydrogens (tertiary/aromatic N) is 6. The van der Waals surface area contributed by atoms with Gasteiger partial charge in [0.2, 0.25) is 5.91 Å². The molecule has 0 unspecified atom stereocenters. The van der Waals surface area contributed by atoms with Crippen molar-refractivity contribution in [3.05, 3.63) is 88.8 Å². The van der Waals surface area contributed by atoms with Crippen molar-refractivity contribution in [2.45, 2.75) is 49.3 Å². The van der Waals surface area contributed by atoms with Gasteiger partial charge in [-0.1, -0.05) is 35.5 Å². The highest BCUT2D eigenvalue weighted by Crippen LogP contribution is 2.47. The van der Waals surface area contributed by atoms with E-state index in [1.165, 1.54) is 40.0 Å². The van der Waals surface area contributed by atoms with Gasteiger partial charge in [0.1, 0.15) is 17.3 Å². The van der Waals surface area contributed by atoms with Crippen LogP contribution in [0.2, 0.25) is 0 Å². The number of nitrogens with one attached hydrogen (secondary N) is 1. The average Bonchev–Trinajstić information content (AvgIpc) is 3.44. The molecule has 3 aromatic rings. The molecule has 198 valence electrons. The normalized spacial score (nSPS) is 23.8. The minimum atomic E-state index is -3.09. The fourth-order valence-corrected chi connectivity index (χ4v) is 5.44. The van der Waals surface area contributed by atoms with Gasteiger partial charge in [0, 0.05) is 29.7 Å². The van der Waals surface area contributed by atoms with Crippen LogP contribution in [0.1, 0.15) is 51.0 Å². The van der Waals surface area contributed by atoms with Gasteiger partial charge in [0.15, 0.2) is 5.69 Å².